The standard InChI is InChI=1S/C23H28O3/c1-17(7-4-5-12-23(2,3)26)20-9-6-8-18(13-20)10-11-19-14-21(24)16-22(25)15-19/h6-11,13-16,24-26H,4-5,12H2,1-3H3/b11-10+,17-7+. The minimum absolute atomic E-state index is 0.0447. The van der Waals surface area contributed by atoms with Gasteiger partial charge in [0.05, 0.1) is 5.60 Å². The lowest BCUT2D eigenvalue weighted by Crippen LogP contribution is -2.17. The molecule has 0 saturated carbocycles. The Morgan fingerprint density at radius 1 is 0.962 bits per heavy atom. The SMILES string of the molecule is C/C(=C\CCCC(C)(C)O)c1cccc(/C=C/c2cc(O)cc(O)c2)c1. The predicted molar refractivity (Wildman–Crippen MR) is 109 cm³/mol. The van der Waals surface area contributed by atoms with Crippen molar-refractivity contribution in [2.45, 2.75) is 45.6 Å². The molecular weight excluding hydrogens is 324 g/mol. The van der Waals surface area contributed by atoms with Crippen molar-refractivity contribution in [2.24, 2.45) is 0 Å². The molecule has 0 aliphatic rings. The molecule has 0 spiro atoms. The number of rotatable bonds is 7. The smallest absolute Gasteiger partial charge is 0.119 e. The van der Waals surface area contributed by atoms with Crippen molar-refractivity contribution in [2.75, 3.05) is 0 Å². The average Bonchev–Trinajstić information content (AvgIpc) is 2.55. The number of benzene rings is 2. The summed E-state index contributed by atoms with van der Waals surface area (Å²) >= 11 is 0. The minimum atomic E-state index is -0.604. The van der Waals surface area contributed by atoms with Crippen LogP contribution in [0.4, 0.5) is 0 Å². The quantitative estimate of drug-likeness (QED) is 0.448. The van der Waals surface area contributed by atoms with E-state index in [2.05, 4.69) is 25.1 Å². The Morgan fingerprint density at radius 3 is 2.27 bits per heavy atom. The van der Waals surface area contributed by atoms with Crippen LogP contribution in [0.25, 0.3) is 17.7 Å². The third-order valence-electron chi connectivity index (χ3n) is 4.18. The van der Waals surface area contributed by atoms with Crippen LogP contribution in [0.2, 0.25) is 0 Å². The second kappa shape index (κ2) is 8.72. The first-order chi connectivity index (χ1) is 12.2. The highest BCUT2D eigenvalue weighted by molar-refractivity contribution is 5.73. The van der Waals surface area contributed by atoms with Crippen LogP contribution in [-0.2, 0) is 0 Å². The summed E-state index contributed by atoms with van der Waals surface area (Å²) in [4.78, 5) is 0. The fourth-order valence-corrected chi connectivity index (χ4v) is 2.77. The molecule has 0 unspecified atom stereocenters. The van der Waals surface area contributed by atoms with E-state index in [0.717, 1.165) is 36.0 Å². The summed E-state index contributed by atoms with van der Waals surface area (Å²) in [5.74, 6) is 0.0893. The molecule has 0 amide bonds. The van der Waals surface area contributed by atoms with Crippen molar-refractivity contribution in [3.05, 3.63) is 65.2 Å². The van der Waals surface area contributed by atoms with Gasteiger partial charge < -0.3 is 15.3 Å². The average molecular weight is 352 g/mol. The molecule has 2 aromatic carbocycles. The fourth-order valence-electron chi connectivity index (χ4n) is 2.77. The van der Waals surface area contributed by atoms with E-state index in [1.165, 1.54) is 11.6 Å². The number of hydrogen-bond donors (Lipinski definition) is 3. The minimum Gasteiger partial charge on any atom is -0.508 e. The Kier molecular flexibility index (Phi) is 6.64. The molecule has 0 aromatic heterocycles. The van der Waals surface area contributed by atoms with Gasteiger partial charge in [0.25, 0.3) is 0 Å². The van der Waals surface area contributed by atoms with E-state index in [-0.39, 0.29) is 11.5 Å². The molecule has 0 fully saturated rings. The van der Waals surface area contributed by atoms with Crippen LogP contribution in [0.15, 0.2) is 48.5 Å². The van der Waals surface area contributed by atoms with Crippen molar-refractivity contribution in [3.8, 4) is 11.5 Å². The van der Waals surface area contributed by atoms with Gasteiger partial charge in [0, 0.05) is 6.07 Å². The normalized spacial score (nSPS) is 12.7. The Morgan fingerprint density at radius 2 is 1.62 bits per heavy atom. The summed E-state index contributed by atoms with van der Waals surface area (Å²) < 4.78 is 0. The molecule has 3 N–H and O–H groups in total. The largest absolute Gasteiger partial charge is 0.508 e. The lowest BCUT2D eigenvalue weighted by atomic mass is 9.99. The number of aromatic hydroxyl groups is 2. The molecule has 2 aromatic rings. The molecule has 3 heteroatoms. The van der Waals surface area contributed by atoms with Crippen LogP contribution >= 0.6 is 0 Å². The molecule has 0 bridgehead atoms. The second-order valence-electron chi connectivity index (χ2n) is 7.33. The lowest BCUT2D eigenvalue weighted by Gasteiger charge is -2.15. The Bertz CT molecular complexity index is 775. The van der Waals surface area contributed by atoms with Gasteiger partial charge in [0.1, 0.15) is 11.5 Å². The van der Waals surface area contributed by atoms with E-state index < -0.39 is 5.60 Å². The maximum atomic E-state index is 9.76. The topological polar surface area (TPSA) is 60.7 Å². The van der Waals surface area contributed by atoms with Gasteiger partial charge in [-0.05, 0) is 80.5 Å². The van der Waals surface area contributed by atoms with Gasteiger partial charge in [-0.1, -0.05) is 36.4 Å². The zero-order chi connectivity index (χ0) is 19.2. The summed E-state index contributed by atoms with van der Waals surface area (Å²) in [5, 5.41) is 28.9. The van der Waals surface area contributed by atoms with Gasteiger partial charge >= 0.3 is 0 Å². The van der Waals surface area contributed by atoms with E-state index >= 15 is 0 Å². The maximum Gasteiger partial charge on any atom is 0.119 e. The van der Waals surface area contributed by atoms with Gasteiger partial charge in [-0.3, -0.25) is 0 Å². The first-order valence-corrected chi connectivity index (χ1v) is 8.94. The molecule has 2 rings (SSSR count). The molecule has 0 atom stereocenters. The first kappa shape index (κ1) is 19.8. The van der Waals surface area contributed by atoms with E-state index in [9.17, 15) is 15.3 Å². The zero-order valence-corrected chi connectivity index (χ0v) is 15.7. The molecular formula is C23H28O3. The first-order valence-electron chi connectivity index (χ1n) is 8.94. The van der Waals surface area contributed by atoms with Gasteiger partial charge in [0.15, 0.2) is 0 Å². The van der Waals surface area contributed by atoms with Crippen molar-refractivity contribution in [1.82, 2.24) is 0 Å². The number of allylic oxidation sites excluding steroid dienone is 2. The zero-order valence-electron chi connectivity index (χ0n) is 15.7. The Balaban J connectivity index is 2.05. The highest BCUT2D eigenvalue weighted by atomic mass is 16.3. The van der Waals surface area contributed by atoms with Crippen molar-refractivity contribution in [3.63, 3.8) is 0 Å². The summed E-state index contributed by atoms with van der Waals surface area (Å²) in [6.07, 6.45) is 8.72. The van der Waals surface area contributed by atoms with Crippen LogP contribution in [0.3, 0.4) is 0 Å². The maximum absolute atomic E-state index is 9.76. The molecule has 138 valence electrons. The Hall–Kier alpha value is -2.52. The van der Waals surface area contributed by atoms with Crippen LogP contribution in [0.1, 0.15) is 56.7 Å². The predicted octanol–water partition coefficient (Wildman–Crippen LogP) is 5.61. The van der Waals surface area contributed by atoms with Crippen LogP contribution in [0.5, 0.6) is 11.5 Å². The monoisotopic (exact) mass is 352 g/mol. The van der Waals surface area contributed by atoms with Crippen molar-refractivity contribution in [1.29, 1.82) is 0 Å². The van der Waals surface area contributed by atoms with Crippen LogP contribution in [0, 0.1) is 0 Å². The fraction of sp³-hybridized carbons (Fsp3) is 0.304. The molecule has 3 nitrogen and oxygen atoms in total. The number of aliphatic hydroxyl groups is 1. The van der Waals surface area contributed by atoms with Gasteiger partial charge in [-0.15, -0.1) is 0 Å². The van der Waals surface area contributed by atoms with Gasteiger partial charge in [-0.2, -0.15) is 0 Å². The lowest BCUT2D eigenvalue weighted by molar-refractivity contribution is 0.0691. The molecule has 0 heterocycles. The number of phenols is 2. The highest BCUT2D eigenvalue weighted by Gasteiger charge is 2.10. The third kappa shape index (κ3) is 6.77. The molecule has 0 aliphatic carbocycles. The Labute approximate surface area is 156 Å². The summed E-state index contributed by atoms with van der Waals surface area (Å²) in [5.41, 5.74) is 3.56. The van der Waals surface area contributed by atoms with Gasteiger partial charge in [0.2, 0.25) is 0 Å². The van der Waals surface area contributed by atoms with Crippen molar-refractivity contribution >= 4 is 17.7 Å². The van der Waals surface area contributed by atoms with Crippen LogP contribution in [-0.4, -0.2) is 20.9 Å². The van der Waals surface area contributed by atoms with E-state index in [1.54, 1.807) is 12.1 Å². The van der Waals surface area contributed by atoms with Gasteiger partial charge in [-0.25, -0.2) is 0 Å². The summed E-state index contributed by atoms with van der Waals surface area (Å²) in [7, 11) is 0. The van der Waals surface area contributed by atoms with E-state index in [4.69, 9.17) is 0 Å². The molecule has 0 saturated heterocycles. The second-order valence-corrected chi connectivity index (χ2v) is 7.33. The van der Waals surface area contributed by atoms with Crippen LogP contribution < -0.4 is 0 Å². The molecule has 0 aliphatic heterocycles. The number of phenolic OH excluding ortho intramolecular Hbond substituents is 2. The highest BCUT2D eigenvalue weighted by Crippen LogP contribution is 2.23. The number of unbranched alkanes of at least 4 members (excludes halogenated alkanes) is 1. The van der Waals surface area contributed by atoms with Crippen molar-refractivity contribution < 1.29 is 15.3 Å². The third-order valence-corrected chi connectivity index (χ3v) is 4.18. The number of hydrogen-bond acceptors (Lipinski definition) is 3. The molecule has 26 heavy (non-hydrogen) atoms. The molecule has 0 radical (unpaired) electrons. The summed E-state index contributed by atoms with van der Waals surface area (Å²) in [6.45, 7) is 5.78. The summed E-state index contributed by atoms with van der Waals surface area (Å²) in [6, 6.07) is 12.7. The van der Waals surface area contributed by atoms with E-state index in [0.29, 0.717) is 0 Å². The van der Waals surface area contributed by atoms with E-state index in [1.807, 2.05) is 38.1 Å².